The van der Waals surface area contributed by atoms with Crippen molar-refractivity contribution < 1.29 is 13.9 Å². The number of halogens is 1. The van der Waals surface area contributed by atoms with Crippen LogP contribution < -0.4 is 10.1 Å². The summed E-state index contributed by atoms with van der Waals surface area (Å²) >= 11 is 0. The van der Waals surface area contributed by atoms with E-state index in [0.29, 0.717) is 0 Å². The molecule has 2 rings (SSSR count). The number of aryl methyl sites for hydroxylation is 1. The van der Waals surface area contributed by atoms with Crippen LogP contribution in [0.2, 0.25) is 0 Å². The molecule has 0 heterocycles. The van der Waals surface area contributed by atoms with Crippen LogP contribution in [0.1, 0.15) is 40.9 Å². The summed E-state index contributed by atoms with van der Waals surface area (Å²) in [7, 11) is 1.39. The average Bonchev–Trinajstić information content (AvgIpc) is 2.53. The lowest BCUT2D eigenvalue weighted by molar-refractivity contribution is 0.0935. The number of carbonyl (C=O) groups excluding carboxylic acids is 1. The van der Waals surface area contributed by atoms with Gasteiger partial charge in [-0.3, -0.25) is 4.79 Å². The largest absolute Gasteiger partial charge is 0.494 e. The summed E-state index contributed by atoms with van der Waals surface area (Å²) in [6, 6.07) is 12.0. The van der Waals surface area contributed by atoms with E-state index in [1.54, 1.807) is 6.07 Å². The topological polar surface area (TPSA) is 38.3 Å². The molecule has 0 aliphatic carbocycles. The molecule has 0 bridgehead atoms. The van der Waals surface area contributed by atoms with Gasteiger partial charge in [-0.05, 0) is 42.7 Å². The molecule has 2 aromatic carbocycles. The lowest BCUT2D eigenvalue weighted by Crippen LogP contribution is -2.28. The molecule has 1 N–H and O–H groups in total. The van der Waals surface area contributed by atoms with Crippen molar-refractivity contribution in [3.63, 3.8) is 0 Å². The van der Waals surface area contributed by atoms with Gasteiger partial charge < -0.3 is 10.1 Å². The molecule has 0 aliphatic rings. The third-order valence-corrected chi connectivity index (χ3v) is 3.69. The van der Waals surface area contributed by atoms with E-state index >= 15 is 0 Å². The molecular weight excluding hydrogens is 281 g/mol. The Morgan fingerprint density at radius 2 is 2.00 bits per heavy atom. The second-order valence-corrected chi connectivity index (χ2v) is 5.14. The number of ether oxygens (including phenoxy) is 1. The normalized spacial score (nSPS) is 11.8. The zero-order valence-corrected chi connectivity index (χ0v) is 13.0. The van der Waals surface area contributed by atoms with Crippen LogP contribution in [0.4, 0.5) is 4.39 Å². The Bertz CT molecular complexity index is 670. The average molecular weight is 301 g/mol. The van der Waals surface area contributed by atoms with Gasteiger partial charge in [-0.1, -0.05) is 31.2 Å². The van der Waals surface area contributed by atoms with Gasteiger partial charge in [-0.25, -0.2) is 4.39 Å². The van der Waals surface area contributed by atoms with Crippen molar-refractivity contribution in [2.45, 2.75) is 26.3 Å². The van der Waals surface area contributed by atoms with Gasteiger partial charge in [0.2, 0.25) is 0 Å². The SMILES string of the molecule is CC[C@@H](NC(=O)c1ccc(OC)c(F)c1)c1ccccc1C. The molecule has 0 aromatic heterocycles. The Morgan fingerprint density at radius 3 is 2.59 bits per heavy atom. The van der Waals surface area contributed by atoms with E-state index in [4.69, 9.17) is 4.74 Å². The Labute approximate surface area is 130 Å². The molecule has 3 nitrogen and oxygen atoms in total. The molecule has 0 saturated heterocycles. The fourth-order valence-electron chi connectivity index (χ4n) is 2.43. The number of benzene rings is 2. The van der Waals surface area contributed by atoms with Crippen molar-refractivity contribution in [1.82, 2.24) is 5.32 Å². The highest BCUT2D eigenvalue weighted by atomic mass is 19.1. The van der Waals surface area contributed by atoms with Crippen molar-refractivity contribution in [3.05, 3.63) is 65.0 Å². The summed E-state index contributed by atoms with van der Waals surface area (Å²) in [5, 5.41) is 2.96. The number of carbonyl (C=O) groups is 1. The van der Waals surface area contributed by atoms with E-state index < -0.39 is 5.82 Å². The molecule has 0 spiro atoms. The van der Waals surface area contributed by atoms with Crippen LogP contribution in [0.3, 0.4) is 0 Å². The monoisotopic (exact) mass is 301 g/mol. The van der Waals surface area contributed by atoms with Crippen LogP contribution in [0.15, 0.2) is 42.5 Å². The lowest BCUT2D eigenvalue weighted by atomic mass is 9.99. The second kappa shape index (κ2) is 7.07. The van der Waals surface area contributed by atoms with E-state index in [-0.39, 0.29) is 23.3 Å². The van der Waals surface area contributed by atoms with Crippen LogP contribution in [0, 0.1) is 12.7 Å². The number of rotatable bonds is 5. The van der Waals surface area contributed by atoms with Crippen molar-refractivity contribution in [3.8, 4) is 5.75 Å². The van der Waals surface area contributed by atoms with Gasteiger partial charge in [0, 0.05) is 5.56 Å². The third-order valence-electron chi connectivity index (χ3n) is 3.69. The summed E-state index contributed by atoms with van der Waals surface area (Å²) in [6.45, 7) is 4.02. The minimum atomic E-state index is -0.543. The minimum absolute atomic E-state index is 0.0983. The fourth-order valence-corrected chi connectivity index (χ4v) is 2.43. The molecule has 1 amide bonds. The zero-order valence-electron chi connectivity index (χ0n) is 13.0. The first-order valence-electron chi connectivity index (χ1n) is 7.26. The fraction of sp³-hybridized carbons (Fsp3) is 0.278. The molecule has 0 fully saturated rings. The summed E-state index contributed by atoms with van der Waals surface area (Å²) in [6.07, 6.45) is 0.759. The van der Waals surface area contributed by atoms with Crippen LogP contribution in [-0.2, 0) is 0 Å². The Balaban J connectivity index is 2.19. The van der Waals surface area contributed by atoms with Crippen LogP contribution >= 0.6 is 0 Å². The maximum absolute atomic E-state index is 13.7. The van der Waals surface area contributed by atoms with E-state index in [1.807, 2.05) is 38.1 Å². The van der Waals surface area contributed by atoms with Crippen molar-refractivity contribution >= 4 is 5.91 Å². The first-order valence-corrected chi connectivity index (χ1v) is 7.26. The lowest BCUT2D eigenvalue weighted by Gasteiger charge is -2.19. The quantitative estimate of drug-likeness (QED) is 0.905. The predicted molar refractivity (Wildman–Crippen MR) is 84.6 cm³/mol. The van der Waals surface area contributed by atoms with Gasteiger partial charge in [0.25, 0.3) is 5.91 Å². The van der Waals surface area contributed by atoms with Gasteiger partial charge in [0.1, 0.15) is 0 Å². The molecule has 0 saturated carbocycles. The Hall–Kier alpha value is -2.36. The molecule has 0 unspecified atom stereocenters. The number of hydrogen-bond donors (Lipinski definition) is 1. The standard InChI is InChI=1S/C18H20FNO2/c1-4-16(14-8-6-5-7-12(14)2)20-18(21)13-9-10-17(22-3)15(19)11-13/h5-11,16H,4H2,1-3H3,(H,20,21)/t16-/m1/s1. The highest BCUT2D eigenvalue weighted by Gasteiger charge is 2.16. The van der Waals surface area contributed by atoms with Crippen molar-refractivity contribution in [1.29, 1.82) is 0 Å². The molecule has 2 aromatic rings. The van der Waals surface area contributed by atoms with Crippen LogP contribution in [0.5, 0.6) is 5.75 Å². The Kier molecular flexibility index (Phi) is 5.15. The summed E-state index contributed by atoms with van der Waals surface area (Å²) in [5.74, 6) is -0.710. The van der Waals surface area contributed by atoms with Gasteiger partial charge in [0.15, 0.2) is 11.6 Å². The summed E-state index contributed by atoms with van der Waals surface area (Å²) in [5.41, 5.74) is 2.48. The smallest absolute Gasteiger partial charge is 0.251 e. The first kappa shape index (κ1) is 16.0. The zero-order chi connectivity index (χ0) is 16.1. The molecule has 4 heteroatoms. The van der Waals surface area contributed by atoms with E-state index in [1.165, 1.54) is 19.2 Å². The van der Waals surface area contributed by atoms with Gasteiger partial charge in [0.05, 0.1) is 13.2 Å². The molecule has 22 heavy (non-hydrogen) atoms. The minimum Gasteiger partial charge on any atom is -0.494 e. The Morgan fingerprint density at radius 1 is 1.27 bits per heavy atom. The number of nitrogens with one attached hydrogen (secondary N) is 1. The van der Waals surface area contributed by atoms with E-state index in [0.717, 1.165) is 17.5 Å². The summed E-state index contributed by atoms with van der Waals surface area (Å²) in [4.78, 5) is 12.3. The van der Waals surface area contributed by atoms with Gasteiger partial charge in [-0.15, -0.1) is 0 Å². The van der Waals surface area contributed by atoms with Crippen molar-refractivity contribution in [2.24, 2.45) is 0 Å². The van der Waals surface area contributed by atoms with Crippen LogP contribution in [0.25, 0.3) is 0 Å². The molecule has 116 valence electrons. The van der Waals surface area contributed by atoms with Crippen LogP contribution in [-0.4, -0.2) is 13.0 Å². The highest BCUT2D eigenvalue weighted by Crippen LogP contribution is 2.22. The molecule has 0 aliphatic heterocycles. The molecule has 1 atom stereocenters. The highest BCUT2D eigenvalue weighted by molar-refractivity contribution is 5.94. The maximum Gasteiger partial charge on any atom is 0.251 e. The van der Waals surface area contributed by atoms with E-state index in [2.05, 4.69) is 5.32 Å². The van der Waals surface area contributed by atoms with E-state index in [9.17, 15) is 9.18 Å². The molecular formula is C18H20FNO2. The maximum atomic E-state index is 13.7. The third kappa shape index (κ3) is 3.45. The van der Waals surface area contributed by atoms with Gasteiger partial charge >= 0.3 is 0 Å². The van der Waals surface area contributed by atoms with Gasteiger partial charge in [-0.2, -0.15) is 0 Å². The molecule has 0 radical (unpaired) electrons. The first-order chi connectivity index (χ1) is 10.6. The summed E-state index contributed by atoms with van der Waals surface area (Å²) < 4.78 is 18.6. The number of amides is 1. The number of methoxy groups -OCH3 is 1. The predicted octanol–water partition coefficient (Wildman–Crippen LogP) is 4.02. The number of hydrogen-bond acceptors (Lipinski definition) is 2. The second-order valence-electron chi connectivity index (χ2n) is 5.14. The van der Waals surface area contributed by atoms with Crippen molar-refractivity contribution in [2.75, 3.05) is 7.11 Å².